The largest absolute Gasteiger partial charge is 0.422 e. The zero-order valence-corrected chi connectivity index (χ0v) is 58.1. The Hall–Kier alpha value is -9.92. The molecule has 96 heavy (non-hydrogen) atoms. The summed E-state index contributed by atoms with van der Waals surface area (Å²) in [4.78, 5) is 50.0. The van der Waals surface area contributed by atoms with Gasteiger partial charge in [0.05, 0.1) is 22.3 Å². The second-order valence-corrected chi connectivity index (χ2v) is 24.6. The average Bonchev–Trinajstić information content (AvgIpc) is 0.806. The van der Waals surface area contributed by atoms with Crippen LogP contribution in [0.25, 0.3) is 99.2 Å². The molecule has 4 aromatic heterocycles. The lowest BCUT2D eigenvalue weighted by Crippen LogP contribution is -2.05. The average molecular weight is 1280 g/mol. The molecular formula is C88H90O8. The monoisotopic (exact) mass is 1270 g/mol. The third-order valence-corrected chi connectivity index (χ3v) is 18.8. The first-order valence-corrected chi connectivity index (χ1v) is 34.8. The molecule has 0 atom stereocenters. The second kappa shape index (κ2) is 31.5. The van der Waals surface area contributed by atoms with E-state index in [0.717, 1.165) is 149 Å². The highest BCUT2D eigenvalue weighted by Gasteiger charge is 2.17. The van der Waals surface area contributed by atoms with E-state index in [-0.39, 0.29) is 22.5 Å². The molecule has 0 unspecified atom stereocenters. The quantitative estimate of drug-likeness (QED) is 0.0877. The lowest BCUT2D eigenvalue weighted by atomic mass is 9.97. The first kappa shape index (κ1) is 68.9. The van der Waals surface area contributed by atoms with Crippen molar-refractivity contribution in [1.82, 2.24) is 0 Å². The molecule has 0 saturated heterocycles. The van der Waals surface area contributed by atoms with Crippen molar-refractivity contribution in [2.45, 2.75) is 160 Å². The lowest BCUT2D eigenvalue weighted by molar-refractivity contribution is 0.559. The Morgan fingerprint density at radius 1 is 0.229 bits per heavy atom. The van der Waals surface area contributed by atoms with E-state index in [1.807, 2.05) is 78.9 Å². The van der Waals surface area contributed by atoms with Crippen LogP contribution in [0.5, 0.6) is 0 Å². The van der Waals surface area contributed by atoms with E-state index in [4.69, 9.17) is 17.7 Å². The van der Waals surface area contributed by atoms with Crippen molar-refractivity contribution >= 4 is 54.6 Å². The van der Waals surface area contributed by atoms with Gasteiger partial charge in [-0.2, -0.15) is 0 Å². The van der Waals surface area contributed by atoms with Gasteiger partial charge in [0.1, 0.15) is 22.3 Å². The van der Waals surface area contributed by atoms with Gasteiger partial charge < -0.3 is 17.7 Å². The van der Waals surface area contributed by atoms with Crippen molar-refractivity contribution in [3.05, 3.63) is 290 Å². The minimum absolute atomic E-state index is 0.260. The summed E-state index contributed by atoms with van der Waals surface area (Å²) in [5.74, 6) is 0. The van der Waals surface area contributed by atoms with E-state index < -0.39 is 0 Å². The third kappa shape index (κ3) is 15.2. The molecule has 0 fully saturated rings. The van der Waals surface area contributed by atoms with E-state index in [1.54, 1.807) is 0 Å². The summed E-state index contributed by atoms with van der Waals surface area (Å²) in [5.41, 5.74) is 22.8. The molecule has 4 heterocycles. The fourth-order valence-corrected chi connectivity index (χ4v) is 12.9. The van der Waals surface area contributed by atoms with E-state index in [1.165, 1.54) is 61.0 Å². The van der Waals surface area contributed by atoms with Crippen molar-refractivity contribution < 1.29 is 17.7 Å². The van der Waals surface area contributed by atoms with E-state index in [9.17, 15) is 19.2 Å². The maximum absolute atomic E-state index is 12.7. The molecular weight excluding hydrogens is 1180 g/mol. The van der Waals surface area contributed by atoms with Crippen LogP contribution < -0.4 is 22.5 Å². The minimum atomic E-state index is -0.279. The van der Waals surface area contributed by atoms with Crippen LogP contribution in [-0.2, 0) is 77.0 Å². The van der Waals surface area contributed by atoms with E-state index >= 15 is 0 Å². The highest BCUT2D eigenvalue weighted by molar-refractivity contribution is 5.91. The summed E-state index contributed by atoms with van der Waals surface area (Å²) < 4.78 is 22.7. The normalized spacial score (nSPS) is 11.2. The van der Waals surface area contributed by atoms with Crippen LogP contribution in [0, 0.1) is 0 Å². The van der Waals surface area contributed by atoms with E-state index in [2.05, 4.69) is 186 Å². The molecule has 13 aromatic rings. The Labute approximate surface area is 564 Å². The standard InChI is InChI=1S/C25H24O2.3C21H22O2/c1-4-16-7-8-20-13-21(10-9-19(20)11-16)23-14-22-12-17(5-2)18(6-3)15-24(22)27-25(23)26;1-4-14-7-9-17(10-8-14)19-13-18-16(6-3)11-15(5-2)12-20(18)23-21(19)22;1-4-14-7-9-17(10-8-14)19-13-18-12-15(5-2)11-16(6-3)20(18)23-21(19)22;1-4-14-7-9-16(10-8-14)19-13-17-12-11-15(5-2)18(6-3)20(17)23-21(19)22/h7-15H,4-6H2,1-3H3;3*7-13H,4-6H2,1-3H3. The van der Waals surface area contributed by atoms with Crippen molar-refractivity contribution in [1.29, 1.82) is 0 Å². The number of rotatable bonds is 16. The number of hydrogen-bond donors (Lipinski definition) is 0. The van der Waals surface area contributed by atoms with E-state index in [0.29, 0.717) is 33.4 Å². The first-order valence-electron chi connectivity index (χ1n) is 34.8. The highest BCUT2D eigenvalue weighted by atomic mass is 16.4. The summed E-state index contributed by atoms with van der Waals surface area (Å²) in [6.07, 6.45) is 11.4. The van der Waals surface area contributed by atoms with Gasteiger partial charge in [-0.1, -0.05) is 210 Å². The van der Waals surface area contributed by atoms with Gasteiger partial charge in [-0.15, -0.1) is 0 Å². The molecule has 490 valence electrons. The minimum Gasteiger partial charge on any atom is -0.422 e. The van der Waals surface area contributed by atoms with Gasteiger partial charge in [0, 0.05) is 21.5 Å². The Morgan fingerprint density at radius 3 is 1.16 bits per heavy atom. The Balaban J connectivity index is 0.000000140. The molecule has 8 heteroatoms. The van der Waals surface area contributed by atoms with Gasteiger partial charge in [0.25, 0.3) is 0 Å². The fraction of sp³-hybridized carbons (Fsp3) is 0.273. The van der Waals surface area contributed by atoms with Crippen molar-refractivity contribution in [2.24, 2.45) is 0 Å². The maximum Gasteiger partial charge on any atom is 0.344 e. The molecule has 0 aliphatic rings. The molecule has 0 N–H and O–H groups in total. The summed E-state index contributed by atoms with van der Waals surface area (Å²) >= 11 is 0. The zero-order valence-electron chi connectivity index (χ0n) is 58.1. The Morgan fingerprint density at radius 2 is 0.625 bits per heavy atom. The molecule has 13 rings (SSSR count). The van der Waals surface area contributed by atoms with Gasteiger partial charge in [-0.3, -0.25) is 0 Å². The number of benzene rings is 9. The van der Waals surface area contributed by atoms with Gasteiger partial charge in [0.2, 0.25) is 0 Å². The summed E-state index contributed by atoms with van der Waals surface area (Å²) in [6, 6.07) is 61.8. The summed E-state index contributed by atoms with van der Waals surface area (Å²) in [7, 11) is 0. The van der Waals surface area contributed by atoms with Crippen molar-refractivity contribution in [2.75, 3.05) is 0 Å². The maximum atomic E-state index is 12.7. The predicted octanol–water partition coefficient (Wildman–Crippen LogP) is 21.7. The first-order chi connectivity index (χ1) is 46.6. The van der Waals surface area contributed by atoms with Crippen LogP contribution in [0.3, 0.4) is 0 Å². The zero-order chi connectivity index (χ0) is 68.2. The summed E-state index contributed by atoms with van der Waals surface area (Å²) in [5, 5.41) is 6.37. The number of hydrogen-bond acceptors (Lipinski definition) is 8. The van der Waals surface area contributed by atoms with Crippen LogP contribution in [0.2, 0.25) is 0 Å². The van der Waals surface area contributed by atoms with Crippen molar-refractivity contribution in [3.8, 4) is 44.5 Å². The SMILES string of the molecule is CCc1ccc(-c2cc3c(CC)cc(CC)cc3oc2=O)cc1.CCc1ccc(-c2cc3cc(CC)cc(CC)c3oc2=O)cc1.CCc1ccc(-c2cc3ccc(CC)c(CC)c3oc2=O)cc1.CCc1ccc2cc(-c3cc4cc(CC)c(CC)cc4oc3=O)ccc2c1. The second-order valence-electron chi connectivity index (χ2n) is 24.6. The van der Waals surface area contributed by atoms with Gasteiger partial charge in [0.15, 0.2) is 0 Å². The Bertz CT molecular complexity index is 5150. The van der Waals surface area contributed by atoms with Crippen LogP contribution in [0.4, 0.5) is 0 Å². The van der Waals surface area contributed by atoms with Gasteiger partial charge >= 0.3 is 22.5 Å². The lowest BCUT2D eigenvalue weighted by Gasteiger charge is -2.10. The predicted molar refractivity (Wildman–Crippen MR) is 402 cm³/mol. The molecule has 0 saturated carbocycles. The van der Waals surface area contributed by atoms with Gasteiger partial charge in [-0.25, -0.2) is 19.2 Å². The summed E-state index contributed by atoms with van der Waals surface area (Å²) in [6.45, 7) is 25.5. The highest BCUT2D eigenvalue weighted by Crippen LogP contribution is 2.32. The fourth-order valence-electron chi connectivity index (χ4n) is 12.9. The van der Waals surface area contributed by atoms with Gasteiger partial charge in [-0.05, 0) is 231 Å². The molecule has 0 amide bonds. The topological polar surface area (TPSA) is 121 Å². The number of fused-ring (bicyclic) bond motifs is 5. The molecule has 0 bridgehead atoms. The third-order valence-electron chi connectivity index (χ3n) is 18.8. The van der Waals surface area contributed by atoms with Crippen LogP contribution in [-0.4, -0.2) is 0 Å². The molecule has 0 spiro atoms. The van der Waals surface area contributed by atoms with Crippen molar-refractivity contribution in [3.63, 3.8) is 0 Å². The molecule has 9 aromatic carbocycles. The number of aryl methyl sites for hydroxylation is 12. The molecule has 0 aliphatic heterocycles. The smallest absolute Gasteiger partial charge is 0.344 e. The van der Waals surface area contributed by atoms with Crippen LogP contribution in [0.1, 0.15) is 150 Å². The molecule has 8 nitrogen and oxygen atoms in total. The van der Waals surface area contributed by atoms with Crippen LogP contribution >= 0.6 is 0 Å². The molecule has 0 radical (unpaired) electrons. The molecule has 0 aliphatic carbocycles. The Kier molecular flexibility index (Phi) is 22.6. The van der Waals surface area contributed by atoms with Crippen LogP contribution in [0.15, 0.2) is 219 Å².